The van der Waals surface area contributed by atoms with Crippen molar-refractivity contribution in [1.82, 2.24) is 14.6 Å². The van der Waals surface area contributed by atoms with E-state index < -0.39 is 11.7 Å². The number of benzene rings is 1. The van der Waals surface area contributed by atoms with E-state index in [4.69, 9.17) is 14.8 Å². The van der Waals surface area contributed by atoms with Gasteiger partial charge in [0.25, 0.3) is 0 Å². The Labute approximate surface area is 195 Å². The summed E-state index contributed by atoms with van der Waals surface area (Å²) in [5.74, 6) is 0.739. The molecule has 1 aromatic carbocycles. The van der Waals surface area contributed by atoms with Gasteiger partial charge in [0.15, 0.2) is 11.4 Å². The molecule has 174 valence electrons. The van der Waals surface area contributed by atoms with Crippen molar-refractivity contribution in [3.8, 4) is 11.3 Å². The van der Waals surface area contributed by atoms with Gasteiger partial charge in [0.1, 0.15) is 11.9 Å². The molecule has 3 heterocycles. The number of Topliss-reactive ketones (excluding diaryl/α,β-unsaturated/α-hetero) is 1. The molecule has 0 radical (unpaired) electrons. The van der Waals surface area contributed by atoms with Crippen LogP contribution < -0.4 is 9.80 Å². The molecule has 0 spiro atoms. The lowest BCUT2D eigenvalue weighted by molar-refractivity contribution is -0.138. The zero-order chi connectivity index (χ0) is 23.9. The maximum Gasteiger partial charge on any atom is 0.163 e. The highest BCUT2D eigenvalue weighted by Gasteiger charge is 2.31. The van der Waals surface area contributed by atoms with Crippen LogP contribution >= 0.6 is 0 Å². The first-order chi connectivity index (χ1) is 15.5. The summed E-state index contributed by atoms with van der Waals surface area (Å²) >= 11 is 0. The molecule has 1 aliphatic rings. The second-order valence-corrected chi connectivity index (χ2v) is 9.77. The lowest BCUT2D eigenvalue weighted by atomic mass is 10.0. The van der Waals surface area contributed by atoms with Crippen LogP contribution in [0.3, 0.4) is 0 Å². The first-order valence-electron chi connectivity index (χ1n) is 11.3. The highest BCUT2D eigenvalue weighted by molar-refractivity contribution is 5.84. The van der Waals surface area contributed by atoms with E-state index in [1.54, 1.807) is 6.92 Å². The number of ketones is 1. The number of anilines is 2. The van der Waals surface area contributed by atoms with Crippen LogP contribution in [0, 0.1) is 6.92 Å². The number of hydrogen-bond acceptors (Lipinski definition) is 6. The topological polar surface area (TPSA) is 63.0 Å². The molecule has 2 aromatic heterocycles. The van der Waals surface area contributed by atoms with Crippen LogP contribution in [0.2, 0.25) is 0 Å². The number of carbonyl (C=O) groups excluding carboxylic acids is 1. The lowest BCUT2D eigenvalue weighted by Crippen LogP contribution is -2.29. The fraction of sp³-hybridized carbons (Fsp3) is 0.423. The number of carbonyl (C=O) groups is 1. The third kappa shape index (κ3) is 4.64. The van der Waals surface area contributed by atoms with Gasteiger partial charge in [-0.15, -0.1) is 0 Å². The summed E-state index contributed by atoms with van der Waals surface area (Å²) < 4.78 is 8.02. The molecule has 1 atom stereocenters. The van der Waals surface area contributed by atoms with Crippen molar-refractivity contribution in [2.45, 2.75) is 52.7 Å². The van der Waals surface area contributed by atoms with Crippen molar-refractivity contribution < 1.29 is 9.53 Å². The predicted octanol–water partition coefficient (Wildman–Crippen LogP) is 4.94. The Balaban J connectivity index is 1.86. The fourth-order valence-electron chi connectivity index (χ4n) is 4.24. The van der Waals surface area contributed by atoms with Crippen molar-refractivity contribution in [3.05, 3.63) is 53.9 Å². The Kier molecular flexibility index (Phi) is 6.01. The molecule has 33 heavy (non-hydrogen) atoms. The molecule has 0 unspecified atom stereocenters. The van der Waals surface area contributed by atoms with Gasteiger partial charge in [0.2, 0.25) is 0 Å². The highest BCUT2D eigenvalue weighted by atomic mass is 16.5. The normalized spacial score (nSPS) is 14.8. The average Bonchev–Trinajstić information content (AvgIpc) is 3.40. The van der Waals surface area contributed by atoms with Crippen molar-refractivity contribution in [2.75, 3.05) is 30.4 Å². The van der Waals surface area contributed by atoms with Crippen LogP contribution in [0.4, 0.5) is 11.5 Å². The molecule has 0 saturated heterocycles. The molecule has 7 heteroatoms. The number of nitrogens with zero attached hydrogens (tertiary/aromatic N) is 5. The maximum absolute atomic E-state index is 12.7. The fourth-order valence-corrected chi connectivity index (χ4v) is 4.24. The summed E-state index contributed by atoms with van der Waals surface area (Å²) in [7, 11) is 3.90. The van der Waals surface area contributed by atoms with Gasteiger partial charge in [-0.05, 0) is 53.2 Å². The molecule has 7 nitrogen and oxygen atoms in total. The smallest absolute Gasteiger partial charge is 0.163 e. The monoisotopic (exact) mass is 447 g/mol. The van der Waals surface area contributed by atoms with E-state index in [0.29, 0.717) is 0 Å². The number of ether oxygens (including phenoxy) is 1. The highest BCUT2D eigenvalue weighted by Crippen LogP contribution is 2.35. The summed E-state index contributed by atoms with van der Waals surface area (Å²) in [5, 5.41) is 4.92. The Hall–Kier alpha value is -3.19. The minimum Gasteiger partial charge on any atom is -0.362 e. The zero-order valence-corrected chi connectivity index (χ0v) is 20.6. The number of aryl methyl sites for hydroxylation is 1. The third-order valence-corrected chi connectivity index (χ3v) is 5.63. The van der Waals surface area contributed by atoms with Crippen LogP contribution in [0.15, 0.2) is 42.6 Å². The Bertz CT molecular complexity index is 1220. The van der Waals surface area contributed by atoms with Crippen molar-refractivity contribution in [3.63, 3.8) is 0 Å². The van der Waals surface area contributed by atoms with Crippen LogP contribution in [0.1, 0.15) is 51.5 Å². The van der Waals surface area contributed by atoms with Gasteiger partial charge >= 0.3 is 0 Å². The van der Waals surface area contributed by atoms with Gasteiger partial charge in [-0.2, -0.15) is 9.61 Å². The van der Waals surface area contributed by atoms with E-state index in [9.17, 15) is 4.79 Å². The van der Waals surface area contributed by atoms with E-state index in [2.05, 4.69) is 41.4 Å². The standard InChI is InChI=1S/C26H33N5O2/c1-17-23(24(18(2)32)33-26(3,4)5)25(29(6)7)31-22(27-17)16-21(28-31)19-11-10-12-20(15-19)30-13-8-9-14-30/h8,10-13,15-16,24H,9,14H2,1-7H3/t24-/m1/s1. The summed E-state index contributed by atoms with van der Waals surface area (Å²) in [5.41, 5.74) is 4.77. The van der Waals surface area contributed by atoms with Crippen LogP contribution in [0.5, 0.6) is 0 Å². The second-order valence-electron chi connectivity index (χ2n) is 9.77. The molecule has 0 amide bonds. The van der Waals surface area contributed by atoms with Crippen LogP contribution in [-0.4, -0.2) is 46.6 Å². The van der Waals surface area contributed by atoms with E-state index in [0.717, 1.165) is 52.6 Å². The minimum absolute atomic E-state index is 0.0592. The van der Waals surface area contributed by atoms with E-state index in [-0.39, 0.29) is 5.78 Å². The molecular weight excluding hydrogens is 414 g/mol. The van der Waals surface area contributed by atoms with Crippen LogP contribution in [-0.2, 0) is 9.53 Å². The van der Waals surface area contributed by atoms with Gasteiger partial charge in [0, 0.05) is 49.9 Å². The first-order valence-corrected chi connectivity index (χ1v) is 11.3. The van der Waals surface area contributed by atoms with E-state index in [1.807, 2.05) is 57.3 Å². The Morgan fingerprint density at radius 1 is 1.21 bits per heavy atom. The molecule has 0 aliphatic carbocycles. The van der Waals surface area contributed by atoms with Gasteiger partial charge < -0.3 is 14.5 Å². The quantitative estimate of drug-likeness (QED) is 0.533. The molecule has 4 rings (SSSR count). The molecule has 0 fully saturated rings. The van der Waals surface area contributed by atoms with Gasteiger partial charge in [-0.1, -0.05) is 18.2 Å². The molecule has 0 bridgehead atoms. The largest absolute Gasteiger partial charge is 0.362 e. The summed E-state index contributed by atoms with van der Waals surface area (Å²) in [6, 6.07) is 10.4. The van der Waals surface area contributed by atoms with Crippen molar-refractivity contribution >= 4 is 22.9 Å². The lowest BCUT2D eigenvalue weighted by Gasteiger charge is -2.30. The zero-order valence-electron chi connectivity index (χ0n) is 20.6. The average molecular weight is 448 g/mol. The molecular formula is C26H33N5O2. The predicted molar refractivity (Wildman–Crippen MR) is 133 cm³/mol. The summed E-state index contributed by atoms with van der Waals surface area (Å²) in [6.07, 6.45) is 4.64. The summed E-state index contributed by atoms with van der Waals surface area (Å²) in [4.78, 5) is 21.7. The van der Waals surface area contributed by atoms with Crippen LogP contribution in [0.25, 0.3) is 16.9 Å². The second kappa shape index (κ2) is 8.63. The Morgan fingerprint density at radius 2 is 1.97 bits per heavy atom. The molecule has 1 aliphatic heterocycles. The maximum atomic E-state index is 12.7. The molecule has 0 saturated carbocycles. The number of hydrogen-bond donors (Lipinski definition) is 0. The minimum atomic E-state index is -0.725. The van der Waals surface area contributed by atoms with E-state index in [1.165, 1.54) is 0 Å². The van der Waals surface area contributed by atoms with Gasteiger partial charge in [-0.25, -0.2) is 4.98 Å². The summed E-state index contributed by atoms with van der Waals surface area (Å²) in [6.45, 7) is 10.3. The van der Waals surface area contributed by atoms with E-state index >= 15 is 0 Å². The van der Waals surface area contributed by atoms with Crippen molar-refractivity contribution in [2.24, 2.45) is 0 Å². The molecule has 3 aromatic rings. The Morgan fingerprint density at radius 3 is 2.58 bits per heavy atom. The molecule has 0 N–H and O–H groups in total. The first kappa shape index (κ1) is 23.0. The third-order valence-electron chi connectivity index (χ3n) is 5.63. The number of rotatable bonds is 6. The number of fused-ring (bicyclic) bond motifs is 1. The van der Waals surface area contributed by atoms with Gasteiger partial charge in [-0.3, -0.25) is 4.79 Å². The van der Waals surface area contributed by atoms with Crippen molar-refractivity contribution in [1.29, 1.82) is 0 Å². The van der Waals surface area contributed by atoms with Gasteiger partial charge in [0.05, 0.1) is 16.9 Å². The number of aromatic nitrogens is 3. The SMILES string of the molecule is CC(=O)[C@@H](OC(C)(C)C)c1c(C)nc2cc(-c3cccc(N4C=CCC4)c3)nn2c1N(C)C.